The van der Waals surface area contributed by atoms with E-state index < -0.39 is 17.7 Å². The van der Waals surface area contributed by atoms with Gasteiger partial charge in [-0.3, -0.25) is 4.79 Å². The van der Waals surface area contributed by atoms with E-state index in [0.29, 0.717) is 24.9 Å². The second kappa shape index (κ2) is 12.0. The Labute approximate surface area is 203 Å². The van der Waals surface area contributed by atoms with Gasteiger partial charge in [0.05, 0.1) is 0 Å². The van der Waals surface area contributed by atoms with Gasteiger partial charge < -0.3 is 20.7 Å². The Morgan fingerprint density at radius 1 is 1.03 bits per heavy atom. The molecule has 1 fully saturated rings. The third-order valence-corrected chi connectivity index (χ3v) is 5.94. The van der Waals surface area contributed by atoms with E-state index in [1.54, 1.807) is 0 Å². The predicted molar refractivity (Wildman–Crippen MR) is 136 cm³/mol. The van der Waals surface area contributed by atoms with Gasteiger partial charge in [-0.2, -0.15) is 0 Å². The van der Waals surface area contributed by atoms with Gasteiger partial charge >= 0.3 is 6.09 Å². The number of ether oxygens (including phenoxy) is 1. The molecule has 0 radical (unpaired) electrons. The molecule has 0 saturated heterocycles. The second-order valence-electron chi connectivity index (χ2n) is 10.2. The maximum absolute atomic E-state index is 12.9. The van der Waals surface area contributed by atoms with Crippen LogP contribution >= 0.6 is 0 Å². The lowest BCUT2D eigenvalue weighted by Crippen LogP contribution is -2.48. The van der Waals surface area contributed by atoms with Crippen LogP contribution in [0.15, 0.2) is 54.6 Å². The lowest BCUT2D eigenvalue weighted by Gasteiger charge is -2.23. The fourth-order valence-corrected chi connectivity index (χ4v) is 3.99. The number of alkyl carbamates (subject to hydrolysis) is 1. The fourth-order valence-electron chi connectivity index (χ4n) is 3.99. The highest BCUT2D eigenvalue weighted by Crippen LogP contribution is 2.40. The van der Waals surface area contributed by atoms with Gasteiger partial charge in [0, 0.05) is 18.5 Å². The van der Waals surface area contributed by atoms with Crippen LogP contribution in [0.2, 0.25) is 0 Å². The minimum Gasteiger partial charge on any atom is -0.444 e. The molecule has 3 atom stereocenters. The Morgan fingerprint density at radius 2 is 1.74 bits per heavy atom. The minimum atomic E-state index is -0.627. The van der Waals surface area contributed by atoms with Gasteiger partial charge in [0.1, 0.15) is 11.6 Å². The molecule has 2 aromatic rings. The van der Waals surface area contributed by atoms with E-state index in [1.807, 2.05) is 58.0 Å². The Kier molecular flexibility index (Phi) is 9.11. The number of amides is 2. The summed E-state index contributed by atoms with van der Waals surface area (Å²) in [5, 5.41) is 9.34. The number of hydrogen-bond acceptors (Lipinski definition) is 4. The van der Waals surface area contributed by atoms with Crippen molar-refractivity contribution in [2.24, 2.45) is 0 Å². The molecule has 2 amide bonds. The van der Waals surface area contributed by atoms with Crippen LogP contribution in [0.1, 0.15) is 69.1 Å². The van der Waals surface area contributed by atoms with E-state index in [9.17, 15) is 9.59 Å². The third-order valence-electron chi connectivity index (χ3n) is 5.94. The standard InChI is InChI=1S/C28H39N3O3/c1-20-13-15-21(16-14-20)19-30-26(32)24(31-27(33)34-28(2,3)4)12-8-9-17-29-25-18-23(25)22-10-6-5-7-11-22/h5-7,10-11,13-16,23-25,29H,8-9,12,17-19H2,1-4H3,(H,30,32)(H,31,33)/t23?,24-,25?/m0/s1. The number of carbonyl (C=O) groups is 2. The lowest BCUT2D eigenvalue weighted by molar-refractivity contribution is -0.123. The summed E-state index contributed by atoms with van der Waals surface area (Å²) in [6.07, 6.45) is 2.94. The lowest BCUT2D eigenvalue weighted by atomic mass is 10.1. The average molecular weight is 466 g/mol. The zero-order chi connectivity index (χ0) is 24.6. The summed E-state index contributed by atoms with van der Waals surface area (Å²) in [6, 6.07) is 18.6. The zero-order valence-corrected chi connectivity index (χ0v) is 20.9. The molecule has 184 valence electrons. The van der Waals surface area contributed by atoms with Gasteiger partial charge in [-0.15, -0.1) is 0 Å². The Morgan fingerprint density at radius 3 is 2.41 bits per heavy atom. The monoisotopic (exact) mass is 465 g/mol. The number of unbranched alkanes of at least 4 members (excludes halogenated alkanes) is 1. The van der Waals surface area contributed by atoms with E-state index in [2.05, 4.69) is 40.2 Å². The van der Waals surface area contributed by atoms with E-state index in [1.165, 1.54) is 17.5 Å². The molecule has 3 rings (SSSR count). The highest BCUT2D eigenvalue weighted by Gasteiger charge is 2.37. The van der Waals surface area contributed by atoms with Crippen LogP contribution in [0, 0.1) is 6.92 Å². The largest absolute Gasteiger partial charge is 0.444 e. The zero-order valence-electron chi connectivity index (χ0n) is 20.9. The van der Waals surface area contributed by atoms with Gasteiger partial charge in [-0.1, -0.05) is 60.2 Å². The van der Waals surface area contributed by atoms with Crippen LogP contribution in [-0.2, 0) is 16.1 Å². The molecule has 2 aromatic carbocycles. The van der Waals surface area contributed by atoms with Gasteiger partial charge in [0.25, 0.3) is 0 Å². The molecule has 0 aliphatic heterocycles. The van der Waals surface area contributed by atoms with Crippen molar-refractivity contribution in [3.63, 3.8) is 0 Å². The molecule has 0 heterocycles. The van der Waals surface area contributed by atoms with Crippen molar-refractivity contribution in [2.75, 3.05) is 6.54 Å². The van der Waals surface area contributed by atoms with E-state index in [0.717, 1.165) is 24.9 Å². The minimum absolute atomic E-state index is 0.189. The second-order valence-corrected chi connectivity index (χ2v) is 10.2. The first-order valence-electron chi connectivity index (χ1n) is 12.3. The summed E-state index contributed by atoms with van der Waals surface area (Å²) in [5.41, 5.74) is 2.98. The first kappa shape index (κ1) is 25.8. The van der Waals surface area contributed by atoms with Crippen molar-refractivity contribution in [1.82, 2.24) is 16.0 Å². The number of aryl methyl sites for hydroxylation is 1. The number of benzene rings is 2. The maximum atomic E-state index is 12.9. The molecule has 1 aliphatic carbocycles. The van der Waals surface area contributed by atoms with E-state index in [4.69, 9.17) is 4.74 Å². The van der Waals surface area contributed by atoms with Crippen molar-refractivity contribution in [3.8, 4) is 0 Å². The highest BCUT2D eigenvalue weighted by molar-refractivity contribution is 5.85. The normalized spacial score (nSPS) is 18.1. The molecule has 3 N–H and O–H groups in total. The van der Waals surface area contributed by atoms with Gasteiger partial charge in [-0.05, 0) is 71.0 Å². The molecule has 1 aliphatic rings. The molecule has 0 aromatic heterocycles. The van der Waals surface area contributed by atoms with Gasteiger partial charge in [0.15, 0.2) is 0 Å². The Hall–Kier alpha value is -2.86. The number of hydrogen-bond donors (Lipinski definition) is 3. The van der Waals surface area contributed by atoms with Gasteiger partial charge in [-0.25, -0.2) is 4.79 Å². The molecule has 6 nitrogen and oxygen atoms in total. The van der Waals surface area contributed by atoms with Crippen molar-refractivity contribution >= 4 is 12.0 Å². The SMILES string of the molecule is Cc1ccc(CNC(=O)[C@H](CCCCNC2CC2c2ccccc2)NC(=O)OC(C)(C)C)cc1. The van der Waals surface area contributed by atoms with E-state index >= 15 is 0 Å². The maximum Gasteiger partial charge on any atom is 0.408 e. The Bertz CT molecular complexity index is 922. The van der Waals surface area contributed by atoms with Crippen LogP contribution in [0.4, 0.5) is 4.79 Å². The first-order chi connectivity index (χ1) is 16.2. The third kappa shape index (κ3) is 8.82. The summed E-state index contributed by atoms with van der Waals surface area (Å²) < 4.78 is 5.37. The molecule has 0 bridgehead atoms. The Balaban J connectivity index is 1.43. The summed E-state index contributed by atoms with van der Waals surface area (Å²) >= 11 is 0. The van der Waals surface area contributed by atoms with Crippen molar-refractivity contribution < 1.29 is 14.3 Å². The number of carbonyl (C=O) groups excluding carboxylic acids is 2. The van der Waals surface area contributed by atoms with Crippen molar-refractivity contribution in [3.05, 3.63) is 71.3 Å². The number of rotatable bonds is 11. The molecule has 2 unspecified atom stereocenters. The van der Waals surface area contributed by atoms with Gasteiger partial charge in [0.2, 0.25) is 5.91 Å². The van der Waals surface area contributed by atoms with Crippen LogP contribution in [0.5, 0.6) is 0 Å². The topological polar surface area (TPSA) is 79.5 Å². The summed E-state index contributed by atoms with van der Waals surface area (Å²) in [5.74, 6) is 0.418. The molecule has 1 saturated carbocycles. The van der Waals surface area contributed by atoms with Crippen LogP contribution in [-0.4, -0.2) is 36.2 Å². The molecule has 34 heavy (non-hydrogen) atoms. The van der Waals surface area contributed by atoms with Crippen molar-refractivity contribution in [1.29, 1.82) is 0 Å². The number of nitrogens with one attached hydrogen (secondary N) is 3. The first-order valence-corrected chi connectivity index (χ1v) is 12.3. The van der Waals surface area contributed by atoms with Crippen LogP contribution in [0.25, 0.3) is 0 Å². The fraction of sp³-hybridized carbons (Fsp3) is 0.500. The van der Waals surface area contributed by atoms with Crippen LogP contribution in [0.3, 0.4) is 0 Å². The average Bonchev–Trinajstić information content (AvgIpc) is 3.56. The van der Waals surface area contributed by atoms with Crippen molar-refractivity contribution in [2.45, 2.75) is 83.5 Å². The summed E-state index contributed by atoms with van der Waals surface area (Å²) in [4.78, 5) is 25.2. The molecular weight excluding hydrogens is 426 g/mol. The summed E-state index contributed by atoms with van der Waals surface area (Å²) in [7, 11) is 0. The quantitative estimate of drug-likeness (QED) is 0.416. The predicted octanol–water partition coefficient (Wildman–Crippen LogP) is 4.82. The molecular formula is C28H39N3O3. The van der Waals surface area contributed by atoms with Crippen LogP contribution < -0.4 is 16.0 Å². The molecule has 6 heteroatoms. The smallest absolute Gasteiger partial charge is 0.408 e. The van der Waals surface area contributed by atoms with E-state index in [-0.39, 0.29) is 5.91 Å². The molecule has 0 spiro atoms. The summed E-state index contributed by atoms with van der Waals surface area (Å²) in [6.45, 7) is 8.79. The highest BCUT2D eigenvalue weighted by atomic mass is 16.6.